The number of aromatic amines is 1. The number of likely N-dealkylation sites (tertiary alicyclic amines) is 1. The minimum atomic E-state index is -0.520. The van der Waals surface area contributed by atoms with E-state index in [0.29, 0.717) is 40.5 Å². The van der Waals surface area contributed by atoms with Gasteiger partial charge in [-0.2, -0.15) is 5.10 Å². The number of halogens is 3. The molecule has 200 valence electrons. The van der Waals surface area contributed by atoms with Gasteiger partial charge in [0, 0.05) is 47.6 Å². The molecule has 5 rings (SSSR count). The van der Waals surface area contributed by atoms with Crippen molar-refractivity contribution in [3.05, 3.63) is 63.9 Å². The van der Waals surface area contributed by atoms with Crippen LogP contribution in [-0.2, 0) is 4.74 Å². The first-order valence-corrected chi connectivity index (χ1v) is 13.3. The summed E-state index contributed by atoms with van der Waals surface area (Å²) < 4.78 is 21.6. The van der Waals surface area contributed by atoms with E-state index < -0.39 is 11.4 Å². The molecule has 0 saturated carbocycles. The molecule has 1 aliphatic heterocycles. The van der Waals surface area contributed by atoms with Gasteiger partial charge in [0.25, 0.3) is 0 Å². The summed E-state index contributed by atoms with van der Waals surface area (Å²) in [5.74, 6) is -0.837. The molecule has 1 saturated heterocycles. The summed E-state index contributed by atoms with van der Waals surface area (Å²) in [6, 6.07) is 2.93. The van der Waals surface area contributed by atoms with Gasteiger partial charge in [0.05, 0.1) is 29.2 Å². The first-order chi connectivity index (χ1) is 18.0. The maximum absolute atomic E-state index is 14.2. The molecule has 3 aromatic heterocycles. The van der Waals surface area contributed by atoms with E-state index in [1.807, 2.05) is 38.6 Å². The lowest BCUT2D eigenvalue weighted by Gasteiger charge is -2.33. The molecule has 4 aromatic rings. The number of amides is 1. The van der Waals surface area contributed by atoms with Crippen molar-refractivity contribution >= 4 is 40.5 Å². The van der Waals surface area contributed by atoms with Gasteiger partial charge < -0.3 is 14.6 Å². The van der Waals surface area contributed by atoms with Crippen LogP contribution in [0.2, 0.25) is 10.0 Å². The molecule has 0 aliphatic carbocycles. The third-order valence-corrected chi connectivity index (χ3v) is 7.49. The summed E-state index contributed by atoms with van der Waals surface area (Å²) in [6.07, 6.45) is 8.50. The van der Waals surface area contributed by atoms with Crippen molar-refractivity contribution in [1.29, 1.82) is 0 Å². The SMILES string of the molecule is CC(c1c(Cl)ccc(F)c1Cl)c1c[nH]c2ncc(-c3cnn(C4CCN(C(=O)OC(C)(C)C)CC4)c3)nc12. The van der Waals surface area contributed by atoms with E-state index in [9.17, 15) is 9.18 Å². The minimum absolute atomic E-state index is 0.00227. The van der Waals surface area contributed by atoms with E-state index >= 15 is 0 Å². The zero-order valence-electron chi connectivity index (χ0n) is 21.6. The van der Waals surface area contributed by atoms with Crippen molar-refractivity contribution in [2.75, 3.05) is 13.1 Å². The number of carbonyl (C=O) groups excluding carboxylic acids is 1. The molecule has 1 aliphatic rings. The van der Waals surface area contributed by atoms with Gasteiger partial charge in [0.1, 0.15) is 16.9 Å². The number of carbonyl (C=O) groups is 1. The quantitative estimate of drug-likeness (QED) is 0.272. The minimum Gasteiger partial charge on any atom is -0.444 e. The number of piperidine rings is 1. The van der Waals surface area contributed by atoms with Crippen LogP contribution in [-0.4, -0.2) is 54.4 Å². The fourth-order valence-electron chi connectivity index (χ4n) is 4.78. The largest absolute Gasteiger partial charge is 0.444 e. The number of ether oxygens (including phenoxy) is 1. The average molecular weight is 559 g/mol. The number of benzene rings is 1. The standard InChI is InChI=1S/C27H29Cl2FN6O2/c1-15(22-19(28)5-6-20(30)23(22)29)18-12-31-25-24(18)34-21(13-32-25)16-11-33-36(14-16)17-7-9-35(10-8-17)26(37)38-27(2,3)4/h5-6,11-15,17H,7-10H2,1-4H3,(H,31,32). The van der Waals surface area contributed by atoms with Crippen LogP contribution in [0.5, 0.6) is 0 Å². The monoisotopic (exact) mass is 558 g/mol. The smallest absolute Gasteiger partial charge is 0.410 e. The van der Waals surface area contributed by atoms with E-state index in [-0.39, 0.29) is 23.1 Å². The van der Waals surface area contributed by atoms with Gasteiger partial charge >= 0.3 is 6.09 Å². The van der Waals surface area contributed by atoms with Crippen molar-refractivity contribution in [3.8, 4) is 11.3 Å². The molecule has 0 bridgehead atoms. The molecule has 8 nitrogen and oxygen atoms in total. The Hall–Kier alpha value is -3.17. The Labute approximate surface area is 230 Å². The highest BCUT2D eigenvalue weighted by Gasteiger charge is 2.28. The zero-order chi connectivity index (χ0) is 27.2. The third-order valence-electron chi connectivity index (χ3n) is 6.78. The Kier molecular flexibility index (Phi) is 7.09. The van der Waals surface area contributed by atoms with Crippen LogP contribution in [0.4, 0.5) is 9.18 Å². The molecule has 1 amide bonds. The maximum atomic E-state index is 14.2. The topological polar surface area (TPSA) is 88.9 Å². The number of nitrogens with zero attached hydrogens (tertiary/aromatic N) is 5. The van der Waals surface area contributed by atoms with Crippen LogP contribution < -0.4 is 0 Å². The van der Waals surface area contributed by atoms with Gasteiger partial charge in [0.15, 0.2) is 5.65 Å². The molecule has 1 unspecified atom stereocenters. The van der Waals surface area contributed by atoms with Crippen LogP contribution in [0.3, 0.4) is 0 Å². The van der Waals surface area contributed by atoms with E-state index in [2.05, 4.69) is 15.1 Å². The number of rotatable bonds is 4. The lowest BCUT2D eigenvalue weighted by molar-refractivity contribution is 0.0185. The van der Waals surface area contributed by atoms with Crippen LogP contribution in [0, 0.1) is 5.82 Å². The number of H-pyrrole nitrogens is 1. The Balaban J connectivity index is 1.35. The normalized spacial score (nSPS) is 15.7. The van der Waals surface area contributed by atoms with Gasteiger partial charge in [-0.25, -0.2) is 19.2 Å². The molecule has 1 N–H and O–H groups in total. The fraction of sp³-hybridized carbons (Fsp3) is 0.407. The zero-order valence-corrected chi connectivity index (χ0v) is 23.1. The molecule has 4 heterocycles. The molecule has 1 fully saturated rings. The van der Waals surface area contributed by atoms with Gasteiger partial charge in [0.2, 0.25) is 0 Å². The highest BCUT2D eigenvalue weighted by molar-refractivity contribution is 6.36. The Morgan fingerprint density at radius 3 is 2.66 bits per heavy atom. The summed E-state index contributed by atoms with van der Waals surface area (Å²) in [5, 5.41) is 4.97. The Morgan fingerprint density at radius 2 is 1.95 bits per heavy atom. The summed E-state index contributed by atoms with van der Waals surface area (Å²) in [6.45, 7) is 8.72. The number of nitrogens with one attached hydrogen (secondary N) is 1. The fourth-order valence-corrected chi connectivity index (χ4v) is 5.48. The number of aromatic nitrogens is 5. The van der Waals surface area contributed by atoms with E-state index in [1.54, 1.807) is 23.5 Å². The lowest BCUT2D eigenvalue weighted by Crippen LogP contribution is -2.42. The summed E-state index contributed by atoms with van der Waals surface area (Å²) in [7, 11) is 0. The van der Waals surface area contributed by atoms with Gasteiger partial charge in [-0.15, -0.1) is 0 Å². The first-order valence-electron chi connectivity index (χ1n) is 12.5. The predicted octanol–water partition coefficient (Wildman–Crippen LogP) is 6.99. The maximum Gasteiger partial charge on any atom is 0.410 e. The van der Waals surface area contributed by atoms with Gasteiger partial charge in [-0.1, -0.05) is 30.1 Å². The second-order valence-corrected chi connectivity index (χ2v) is 11.4. The predicted molar refractivity (Wildman–Crippen MR) is 145 cm³/mol. The molecular formula is C27H29Cl2FN6O2. The molecule has 1 aromatic carbocycles. The van der Waals surface area contributed by atoms with Gasteiger partial charge in [-0.3, -0.25) is 4.68 Å². The average Bonchev–Trinajstić information content (AvgIpc) is 3.53. The lowest BCUT2D eigenvalue weighted by atomic mass is 9.94. The number of hydrogen-bond donors (Lipinski definition) is 1. The second-order valence-electron chi connectivity index (χ2n) is 10.6. The van der Waals surface area contributed by atoms with Crippen molar-refractivity contribution < 1.29 is 13.9 Å². The third kappa shape index (κ3) is 5.22. The van der Waals surface area contributed by atoms with Crippen molar-refractivity contribution in [2.24, 2.45) is 0 Å². The van der Waals surface area contributed by atoms with Crippen molar-refractivity contribution in [2.45, 2.75) is 58.1 Å². The van der Waals surface area contributed by atoms with Crippen LogP contribution in [0.1, 0.15) is 63.6 Å². The molecule has 0 radical (unpaired) electrons. The molecule has 1 atom stereocenters. The summed E-state index contributed by atoms with van der Waals surface area (Å²) >= 11 is 12.7. The highest BCUT2D eigenvalue weighted by Crippen LogP contribution is 2.39. The molecular weight excluding hydrogens is 530 g/mol. The van der Waals surface area contributed by atoms with Crippen molar-refractivity contribution in [3.63, 3.8) is 0 Å². The van der Waals surface area contributed by atoms with E-state index in [4.69, 9.17) is 32.9 Å². The Morgan fingerprint density at radius 1 is 1.21 bits per heavy atom. The summed E-state index contributed by atoms with van der Waals surface area (Å²) in [5.41, 5.74) is 3.57. The summed E-state index contributed by atoms with van der Waals surface area (Å²) in [4.78, 5) is 26.7. The van der Waals surface area contributed by atoms with Crippen LogP contribution in [0.15, 0.2) is 36.9 Å². The number of fused-ring (bicyclic) bond motifs is 1. The van der Waals surface area contributed by atoms with Crippen LogP contribution >= 0.6 is 23.2 Å². The first kappa shape index (κ1) is 26.4. The second kappa shape index (κ2) is 10.2. The van der Waals surface area contributed by atoms with Crippen LogP contribution in [0.25, 0.3) is 22.4 Å². The molecule has 11 heteroatoms. The van der Waals surface area contributed by atoms with Gasteiger partial charge in [-0.05, 0) is 51.3 Å². The van der Waals surface area contributed by atoms with E-state index in [0.717, 1.165) is 24.0 Å². The Bertz CT molecular complexity index is 1490. The van der Waals surface area contributed by atoms with E-state index in [1.165, 1.54) is 12.1 Å². The molecule has 0 spiro atoms. The highest BCUT2D eigenvalue weighted by atomic mass is 35.5. The number of hydrogen-bond acceptors (Lipinski definition) is 5. The molecule has 38 heavy (non-hydrogen) atoms. The van der Waals surface area contributed by atoms with Crippen molar-refractivity contribution in [1.82, 2.24) is 29.6 Å².